The van der Waals surface area contributed by atoms with E-state index in [1.165, 1.54) is 49.8 Å². The number of hydrogen-bond acceptors (Lipinski definition) is 2. The topological polar surface area (TPSA) is 26.6 Å². The lowest BCUT2D eigenvalue weighted by Gasteiger charge is -2.34. The van der Waals surface area contributed by atoms with Crippen molar-refractivity contribution in [1.29, 1.82) is 0 Å². The minimum absolute atomic E-state index is 0.261. The summed E-state index contributed by atoms with van der Waals surface area (Å²) in [5, 5.41) is 4.69. The molecular weight excluding hydrogens is 260 g/mol. The van der Waals surface area contributed by atoms with Gasteiger partial charge in [-0.2, -0.15) is 0 Å². The van der Waals surface area contributed by atoms with Crippen LogP contribution < -0.4 is 5.32 Å². The molecule has 2 heterocycles. The minimum Gasteiger partial charge on any atom is -0.378 e. The van der Waals surface area contributed by atoms with Crippen LogP contribution in [-0.4, -0.2) is 37.2 Å². The molecule has 0 amide bonds. The molecule has 3 aliphatic rings. The molecule has 1 atom stereocenters. The number of nitrogens with zero attached hydrogens (tertiary/aromatic N) is 2. The Bertz CT molecular complexity index is 490. The van der Waals surface area contributed by atoms with Gasteiger partial charge < -0.3 is 4.74 Å². The fraction of sp³-hybridized carbons (Fsp3) is 0.667. The van der Waals surface area contributed by atoms with E-state index in [9.17, 15) is 0 Å². The average Bonchev–Trinajstić information content (AvgIpc) is 3.09. The molecular formula is C18H25N2O. The molecule has 1 aromatic rings. The summed E-state index contributed by atoms with van der Waals surface area (Å²) in [6.45, 7) is 4.78. The maximum Gasteiger partial charge on any atom is 0.0730 e. The standard InChI is InChI=1S/C18H25N2O/c1-2-4-17(3-1)20-9-7-14-11-15(5-6-16(14)12-20)18-13-21-10-8-19-18/h5-6,11,17-18H,1-4,7-10,12-13H2. The number of morpholine rings is 1. The van der Waals surface area contributed by atoms with Crippen molar-refractivity contribution in [3.05, 3.63) is 34.9 Å². The van der Waals surface area contributed by atoms with Crippen molar-refractivity contribution < 1.29 is 4.74 Å². The molecule has 0 N–H and O–H groups in total. The van der Waals surface area contributed by atoms with Gasteiger partial charge in [-0.25, -0.2) is 5.32 Å². The molecule has 21 heavy (non-hydrogen) atoms. The summed E-state index contributed by atoms with van der Waals surface area (Å²) in [7, 11) is 0. The summed E-state index contributed by atoms with van der Waals surface area (Å²) in [4.78, 5) is 2.71. The molecule has 113 valence electrons. The fourth-order valence-electron chi connectivity index (χ4n) is 4.11. The molecule has 1 aromatic carbocycles. The van der Waals surface area contributed by atoms with Crippen LogP contribution in [0.15, 0.2) is 18.2 Å². The summed E-state index contributed by atoms with van der Waals surface area (Å²) in [5.74, 6) is 0. The number of rotatable bonds is 2. The van der Waals surface area contributed by atoms with Gasteiger partial charge in [0.2, 0.25) is 0 Å². The van der Waals surface area contributed by atoms with Crippen molar-refractivity contribution in [1.82, 2.24) is 10.2 Å². The molecule has 4 rings (SSSR count). The first-order valence-corrected chi connectivity index (χ1v) is 8.50. The highest BCUT2D eigenvalue weighted by Crippen LogP contribution is 2.30. The predicted molar refractivity (Wildman–Crippen MR) is 83.4 cm³/mol. The SMILES string of the molecule is c1cc2c(cc1C1COCC[N]1)CCN(C1CCCC1)C2. The molecule has 2 fully saturated rings. The van der Waals surface area contributed by atoms with Crippen LogP contribution in [0.5, 0.6) is 0 Å². The highest BCUT2D eigenvalue weighted by atomic mass is 16.5. The summed E-state index contributed by atoms with van der Waals surface area (Å²) >= 11 is 0. The van der Waals surface area contributed by atoms with Gasteiger partial charge in [-0.15, -0.1) is 0 Å². The van der Waals surface area contributed by atoms with Crippen molar-refractivity contribution >= 4 is 0 Å². The minimum atomic E-state index is 0.261. The fourth-order valence-corrected chi connectivity index (χ4v) is 4.11. The van der Waals surface area contributed by atoms with Gasteiger partial charge in [-0.3, -0.25) is 4.90 Å². The maximum absolute atomic E-state index is 5.56. The first kappa shape index (κ1) is 13.7. The van der Waals surface area contributed by atoms with Crippen LogP contribution in [-0.2, 0) is 17.7 Å². The van der Waals surface area contributed by atoms with Gasteiger partial charge in [-0.05, 0) is 36.0 Å². The number of hydrogen-bond donors (Lipinski definition) is 0. The molecule has 1 saturated carbocycles. The van der Waals surface area contributed by atoms with Gasteiger partial charge in [-0.1, -0.05) is 31.0 Å². The average molecular weight is 285 g/mol. The zero-order chi connectivity index (χ0) is 14.1. The molecule has 0 bridgehead atoms. The van der Waals surface area contributed by atoms with E-state index in [0.29, 0.717) is 0 Å². The Hall–Kier alpha value is -0.900. The van der Waals surface area contributed by atoms with Crippen LogP contribution in [0.1, 0.15) is 48.4 Å². The molecule has 3 heteroatoms. The van der Waals surface area contributed by atoms with Crippen LogP contribution >= 0.6 is 0 Å². The van der Waals surface area contributed by atoms with E-state index in [-0.39, 0.29) is 6.04 Å². The molecule has 1 saturated heterocycles. The van der Waals surface area contributed by atoms with E-state index in [1.807, 2.05) is 0 Å². The lowest BCUT2D eigenvalue weighted by atomic mass is 9.93. The van der Waals surface area contributed by atoms with Gasteiger partial charge in [0, 0.05) is 25.7 Å². The van der Waals surface area contributed by atoms with Gasteiger partial charge >= 0.3 is 0 Å². The zero-order valence-corrected chi connectivity index (χ0v) is 12.8. The Labute approximate surface area is 127 Å². The number of ether oxygens (including phenoxy) is 1. The van der Waals surface area contributed by atoms with E-state index in [1.54, 1.807) is 5.56 Å². The third-order valence-corrected chi connectivity index (χ3v) is 5.36. The molecule has 0 spiro atoms. The molecule has 2 aliphatic heterocycles. The van der Waals surface area contributed by atoms with Crippen molar-refractivity contribution in [3.63, 3.8) is 0 Å². The molecule has 1 aliphatic carbocycles. The molecule has 1 unspecified atom stereocenters. The summed E-state index contributed by atoms with van der Waals surface area (Å²) in [6, 6.07) is 8.12. The molecule has 1 radical (unpaired) electrons. The van der Waals surface area contributed by atoms with Crippen molar-refractivity contribution in [2.45, 2.75) is 50.7 Å². The normalized spacial score (nSPS) is 27.7. The Morgan fingerprint density at radius 3 is 2.86 bits per heavy atom. The van der Waals surface area contributed by atoms with E-state index in [0.717, 1.165) is 32.3 Å². The zero-order valence-electron chi connectivity index (χ0n) is 12.8. The number of fused-ring (bicyclic) bond motifs is 1. The van der Waals surface area contributed by atoms with Crippen molar-refractivity contribution in [2.24, 2.45) is 0 Å². The van der Waals surface area contributed by atoms with E-state index in [2.05, 4.69) is 23.1 Å². The Morgan fingerprint density at radius 1 is 1.14 bits per heavy atom. The Kier molecular flexibility index (Phi) is 3.97. The first-order chi connectivity index (χ1) is 10.4. The van der Waals surface area contributed by atoms with Gasteiger partial charge in [0.05, 0.1) is 19.3 Å². The van der Waals surface area contributed by atoms with E-state index >= 15 is 0 Å². The van der Waals surface area contributed by atoms with Crippen LogP contribution in [0.25, 0.3) is 0 Å². The second-order valence-corrected chi connectivity index (χ2v) is 6.68. The van der Waals surface area contributed by atoms with Crippen LogP contribution in [0.4, 0.5) is 0 Å². The van der Waals surface area contributed by atoms with Crippen LogP contribution in [0, 0.1) is 0 Å². The van der Waals surface area contributed by atoms with E-state index < -0.39 is 0 Å². The monoisotopic (exact) mass is 285 g/mol. The molecule has 3 nitrogen and oxygen atoms in total. The summed E-state index contributed by atoms with van der Waals surface area (Å²) < 4.78 is 5.56. The Balaban J connectivity index is 1.49. The van der Waals surface area contributed by atoms with Crippen LogP contribution in [0.2, 0.25) is 0 Å². The number of benzene rings is 1. The van der Waals surface area contributed by atoms with Gasteiger partial charge in [0.15, 0.2) is 0 Å². The third-order valence-electron chi connectivity index (χ3n) is 5.36. The first-order valence-electron chi connectivity index (χ1n) is 8.50. The largest absolute Gasteiger partial charge is 0.378 e. The summed E-state index contributed by atoms with van der Waals surface area (Å²) in [5.41, 5.74) is 4.43. The second kappa shape index (κ2) is 6.07. The van der Waals surface area contributed by atoms with E-state index in [4.69, 9.17) is 10.1 Å². The van der Waals surface area contributed by atoms with Crippen LogP contribution in [0.3, 0.4) is 0 Å². The lowest BCUT2D eigenvalue weighted by molar-refractivity contribution is 0.0744. The van der Waals surface area contributed by atoms with Gasteiger partial charge in [0.25, 0.3) is 0 Å². The quantitative estimate of drug-likeness (QED) is 0.835. The lowest BCUT2D eigenvalue weighted by Crippen LogP contribution is -2.37. The third kappa shape index (κ3) is 2.87. The highest BCUT2D eigenvalue weighted by Gasteiger charge is 2.26. The molecule has 0 aromatic heterocycles. The van der Waals surface area contributed by atoms with Crippen molar-refractivity contribution in [2.75, 3.05) is 26.3 Å². The van der Waals surface area contributed by atoms with Gasteiger partial charge in [0.1, 0.15) is 0 Å². The Morgan fingerprint density at radius 2 is 2.05 bits per heavy atom. The summed E-state index contributed by atoms with van der Waals surface area (Å²) in [6.07, 6.45) is 6.87. The van der Waals surface area contributed by atoms with Crippen molar-refractivity contribution in [3.8, 4) is 0 Å². The maximum atomic E-state index is 5.56. The second-order valence-electron chi connectivity index (χ2n) is 6.68. The highest BCUT2D eigenvalue weighted by molar-refractivity contribution is 5.35. The predicted octanol–water partition coefficient (Wildman–Crippen LogP) is 2.66. The smallest absolute Gasteiger partial charge is 0.0730 e.